The van der Waals surface area contributed by atoms with Crippen molar-refractivity contribution in [2.75, 3.05) is 6.54 Å². The molecule has 2 amide bonds. The molecule has 0 bridgehead atoms. The second-order valence-corrected chi connectivity index (χ2v) is 5.60. The number of aliphatic carboxylic acids is 1. The molecule has 1 saturated carbocycles. The van der Waals surface area contributed by atoms with E-state index < -0.39 is 17.8 Å². The minimum absolute atomic E-state index is 0.0768. The summed E-state index contributed by atoms with van der Waals surface area (Å²) < 4.78 is 0. The van der Waals surface area contributed by atoms with Gasteiger partial charge in [-0.15, -0.1) is 0 Å². The molecule has 0 heterocycles. The van der Waals surface area contributed by atoms with Crippen molar-refractivity contribution in [1.29, 1.82) is 0 Å². The average molecular weight is 284 g/mol. The van der Waals surface area contributed by atoms with Crippen LogP contribution in [0.4, 0.5) is 0 Å². The summed E-state index contributed by atoms with van der Waals surface area (Å²) in [6.45, 7) is 3.99. The number of carbonyl (C=O) groups excluding carboxylic acids is 2. The van der Waals surface area contributed by atoms with Gasteiger partial charge in [-0.3, -0.25) is 14.4 Å². The lowest BCUT2D eigenvalue weighted by molar-refractivity contribution is -0.149. The number of hydrogen-bond acceptors (Lipinski definition) is 3. The number of hydrogen-bond donors (Lipinski definition) is 3. The highest BCUT2D eigenvalue weighted by atomic mass is 16.4. The van der Waals surface area contributed by atoms with E-state index in [-0.39, 0.29) is 30.8 Å². The van der Waals surface area contributed by atoms with Gasteiger partial charge in [0.1, 0.15) is 0 Å². The highest BCUT2D eigenvalue weighted by molar-refractivity contribution is 5.85. The number of amides is 2. The van der Waals surface area contributed by atoms with Crippen LogP contribution in [-0.2, 0) is 14.4 Å². The molecule has 1 aliphatic carbocycles. The van der Waals surface area contributed by atoms with Gasteiger partial charge in [-0.2, -0.15) is 0 Å². The van der Waals surface area contributed by atoms with Gasteiger partial charge in [0.05, 0.1) is 11.8 Å². The molecule has 114 valence electrons. The Labute approximate surface area is 119 Å². The van der Waals surface area contributed by atoms with Crippen LogP contribution in [0.5, 0.6) is 0 Å². The molecule has 2 unspecified atom stereocenters. The van der Waals surface area contributed by atoms with Crippen molar-refractivity contribution in [1.82, 2.24) is 10.6 Å². The zero-order valence-corrected chi connectivity index (χ0v) is 12.1. The van der Waals surface area contributed by atoms with Gasteiger partial charge in [0, 0.05) is 19.0 Å². The van der Waals surface area contributed by atoms with Crippen LogP contribution >= 0.6 is 0 Å². The molecule has 1 aliphatic rings. The monoisotopic (exact) mass is 284 g/mol. The van der Waals surface area contributed by atoms with Gasteiger partial charge in [-0.1, -0.05) is 12.8 Å². The fraction of sp³-hybridized carbons (Fsp3) is 0.786. The minimum atomic E-state index is -0.901. The zero-order valence-electron chi connectivity index (χ0n) is 12.1. The van der Waals surface area contributed by atoms with Crippen molar-refractivity contribution >= 4 is 17.8 Å². The average Bonchev–Trinajstić information content (AvgIpc) is 2.37. The van der Waals surface area contributed by atoms with Crippen molar-refractivity contribution < 1.29 is 19.5 Å². The Morgan fingerprint density at radius 2 is 1.75 bits per heavy atom. The van der Waals surface area contributed by atoms with E-state index in [0.29, 0.717) is 12.8 Å². The molecule has 20 heavy (non-hydrogen) atoms. The number of carboxylic acid groups (broad SMARTS) is 1. The second kappa shape index (κ2) is 7.87. The molecule has 0 spiro atoms. The Morgan fingerprint density at radius 3 is 2.30 bits per heavy atom. The van der Waals surface area contributed by atoms with E-state index in [4.69, 9.17) is 5.11 Å². The number of carboxylic acids is 1. The molecule has 0 aromatic rings. The van der Waals surface area contributed by atoms with Crippen LogP contribution in [0.3, 0.4) is 0 Å². The van der Waals surface area contributed by atoms with Gasteiger partial charge < -0.3 is 15.7 Å². The Kier molecular flexibility index (Phi) is 6.48. The molecule has 6 nitrogen and oxygen atoms in total. The molecule has 6 heteroatoms. The van der Waals surface area contributed by atoms with Crippen LogP contribution in [0.2, 0.25) is 0 Å². The summed E-state index contributed by atoms with van der Waals surface area (Å²) in [5, 5.41) is 14.5. The van der Waals surface area contributed by atoms with Crippen molar-refractivity contribution in [3.05, 3.63) is 0 Å². The maximum absolute atomic E-state index is 12.0. The summed E-state index contributed by atoms with van der Waals surface area (Å²) >= 11 is 0. The normalized spacial score (nSPS) is 22.4. The molecular weight excluding hydrogens is 260 g/mol. The van der Waals surface area contributed by atoms with Gasteiger partial charge in [0.15, 0.2) is 0 Å². The molecule has 0 saturated heterocycles. The molecule has 0 aromatic heterocycles. The molecule has 1 fully saturated rings. The standard InChI is InChI=1S/C14H24N2O4/c1-9(2)16-12(17)7-8-15-13(18)10-5-3-4-6-11(10)14(19)20/h9-11H,3-8H2,1-2H3,(H,15,18)(H,16,17)(H,19,20). The molecule has 0 aliphatic heterocycles. The van der Waals surface area contributed by atoms with Gasteiger partial charge >= 0.3 is 5.97 Å². The third kappa shape index (κ3) is 5.19. The molecule has 2 atom stereocenters. The Hall–Kier alpha value is -1.59. The molecule has 0 radical (unpaired) electrons. The van der Waals surface area contributed by atoms with E-state index in [1.165, 1.54) is 0 Å². The maximum atomic E-state index is 12.0. The summed E-state index contributed by atoms with van der Waals surface area (Å²) in [7, 11) is 0. The van der Waals surface area contributed by atoms with E-state index in [9.17, 15) is 14.4 Å². The first-order chi connectivity index (χ1) is 9.41. The molecular formula is C14H24N2O4. The topological polar surface area (TPSA) is 95.5 Å². The Morgan fingerprint density at radius 1 is 1.15 bits per heavy atom. The van der Waals surface area contributed by atoms with Crippen LogP contribution in [0.1, 0.15) is 46.0 Å². The third-order valence-electron chi connectivity index (χ3n) is 3.52. The molecule has 3 N–H and O–H groups in total. The van der Waals surface area contributed by atoms with Crippen molar-refractivity contribution in [3.63, 3.8) is 0 Å². The van der Waals surface area contributed by atoms with Crippen LogP contribution in [0, 0.1) is 11.8 Å². The van der Waals surface area contributed by atoms with Crippen molar-refractivity contribution in [2.24, 2.45) is 11.8 Å². The summed E-state index contributed by atoms with van der Waals surface area (Å²) in [6, 6.07) is 0.0768. The van der Waals surface area contributed by atoms with Gasteiger partial charge in [0.25, 0.3) is 0 Å². The van der Waals surface area contributed by atoms with Crippen LogP contribution in [-0.4, -0.2) is 35.5 Å². The highest BCUT2D eigenvalue weighted by Crippen LogP contribution is 2.30. The fourth-order valence-electron chi connectivity index (χ4n) is 2.56. The van der Waals surface area contributed by atoms with E-state index in [0.717, 1.165) is 12.8 Å². The fourth-order valence-corrected chi connectivity index (χ4v) is 2.56. The van der Waals surface area contributed by atoms with E-state index in [1.54, 1.807) is 0 Å². The number of carbonyl (C=O) groups is 3. The van der Waals surface area contributed by atoms with E-state index >= 15 is 0 Å². The second-order valence-electron chi connectivity index (χ2n) is 5.60. The Bertz CT molecular complexity index is 368. The quantitative estimate of drug-likeness (QED) is 0.675. The van der Waals surface area contributed by atoms with Crippen molar-refractivity contribution in [3.8, 4) is 0 Å². The lowest BCUT2D eigenvalue weighted by Gasteiger charge is -2.27. The van der Waals surface area contributed by atoms with E-state index in [2.05, 4.69) is 10.6 Å². The summed E-state index contributed by atoms with van der Waals surface area (Å²) in [6.07, 6.45) is 3.13. The van der Waals surface area contributed by atoms with Gasteiger partial charge in [-0.25, -0.2) is 0 Å². The number of rotatable bonds is 6. The Balaban J connectivity index is 2.37. The lowest BCUT2D eigenvalue weighted by atomic mass is 9.78. The van der Waals surface area contributed by atoms with Crippen LogP contribution < -0.4 is 10.6 Å². The summed E-state index contributed by atoms with van der Waals surface area (Å²) in [4.78, 5) is 34.6. The highest BCUT2D eigenvalue weighted by Gasteiger charge is 2.35. The predicted molar refractivity (Wildman–Crippen MR) is 74.0 cm³/mol. The van der Waals surface area contributed by atoms with Gasteiger partial charge in [0.2, 0.25) is 11.8 Å². The molecule has 0 aromatic carbocycles. The van der Waals surface area contributed by atoms with E-state index in [1.807, 2.05) is 13.8 Å². The lowest BCUT2D eigenvalue weighted by Crippen LogP contribution is -2.41. The first-order valence-corrected chi connectivity index (χ1v) is 7.21. The van der Waals surface area contributed by atoms with Crippen LogP contribution in [0.15, 0.2) is 0 Å². The van der Waals surface area contributed by atoms with Crippen molar-refractivity contribution in [2.45, 2.75) is 52.0 Å². The molecule has 1 rings (SSSR count). The first-order valence-electron chi connectivity index (χ1n) is 7.21. The number of nitrogens with one attached hydrogen (secondary N) is 2. The van der Waals surface area contributed by atoms with Gasteiger partial charge in [-0.05, 0) is 26.7 Å². The predicted octanol–water partition coefficient (Wildman–Crippen LogP) is 0.908. The summed E-state index contributed by atoms with van der Waals surface area (Å²) in [5.41, 5.74) is 0. The largest absolute Gasteiger partial charge is 0.481 e. The smallest absolute Gasteiger partial charge is 0.307 e. The zero-order chi connectivity index (χ0) is 15.1. The third-order valence-corrected chi connectivity index (χ3v) is 3.52. The SMILES string of the molecule is CC(C)NC(=O)CCNC(=O)C1CCCCC1C(=O)O. The van der Waals surface area contributed by atoms with Crippen LogP contribution in [0.25, 0.3) is 0 Å². The first kappa shape index (κ1) is 16.5. The minimum Gasteiger partial charge on any atom is -0.481 e. The maximum Gasteiger partial charge on any atom is 0.307 e. The summed E-state index contributed by atoms with van der Waals surface area (Å²) in [5.74, 6) is -2.31.